The molecule has 0 fully saturated rings. The van der Waals surface area contributed by atoms with Gasteiger partial charge in [0.2, 0.25) is 0 Å². The van der Waals surface area contributed by atoms with Crippen LogP contribution in [0.2, 0.25) is 0 Å². The van der Waals surface area contributed by atoms with Crippen LogP contribution in [0.4, 0.5) is 0 Å². The van der Waals surface area contributed by atoms with Crippen LogP contribution in [0.25, 0.3) is 0 Å². The van der Waals surface area contributed by atoms with E-state index in [0.717, 1.165) is 38.6 Å². The van der Waals surface area contributed by atoms with Gasteiger partial charge in [0.15, 0.2) is 5.96 Å². The first-order valence-corrected chi connectivity index (χ1v) is 8.85. The number of nitrogens with one attached hydrogen (secondary N) is 2. The topological polar surface area (TPSA) is 57.5 Å². The average molecular weight is 342 g/mol. The summed E-state index contributed by atoms with van der Waals surface area (Å²) in [5, 5.41) is 11.0. The minimum atomic E-state index is 0.405. The van der Waals surface area contributed by atoms with E-state index in [1.165, 1.54) is 5.56 Å². The van der Waals surface area contributed by atoms with Gasteiger partial charge >= 0.3 is 0 Å². The number of rotatable bonds is 9. The van der Waals surface area contributed by atoms with Crippen LogP contribution < -0.4 is 10.6 Å². The summed E-state index contributed by atoms with van der Waals surface area (Å²) in [7, 11) is 3.96. The van der Waals surface area contributed by atoms with E-state index in [9.17, 15) is 0 Å². The molecule has 6 nitrogen and oxygen atoms in total. The standard InChI is InChI=1S/C19H30N6/c1-17(24(3)16-18-9-5-4-6-10-18)15-22-19(20-2)21-11-7-13-25-14-8-12-23-25/h4-6,8-10,12,14,17H,7,11,13,15-16H2,1-3H3,(H2,20,21,22). The maximum Gasteiger partial charge on any atom is 0.191 e. The number of hydrogen-bond acceptors (Lipinski definition) is 3. The lowest BCUT2D eigenvalue weighted by Gasteiger charge is -2.25. The van der Waals surface area contributed by atoms with Gasteiger partial charge in [0.25, 0.3) is 0 Å². The quantitative estimate of drug-likeness (QED) is 0.415. The highest BCUT2D eigenvalue weighted by Gasteiger charge is 2.10. The number of aliphatic imine (C=N–C) groups is 1. The molecule has 136 valence electrons. The lowest BCUT2D eigenvalue weighted by atomic mass is 10.2. The first-order chi connectivity index (χ1) is 12.2. The molecule has 0 amide bonds. The largest absolute Gasteiger partial charge is 0.356 e. The molecule has 0 radical (unpaired) electrons. The van der Waals surface area contributed by atoms with Crippen molar-refractivity contribution in [1.29, 1.82) is 0 Å². The number of likely N-dealkylation sites (N-methyl/N-ethyl adjacent to an activating group) is 1. The maximum absolute atomic E-state index is 4.29. The maximum atomic E-state index is 4.29. The molecular weight excluding hydrogens is 312 g/mol. The van der Waals surface area contributed by atoms with Crippen LogP contribution in [0.5, 0.6) is 0 Å². The second-order valence-electron chi connectivity index (χ2n) is 6.25. The fourth-order valence-electron chi connectivity index (χ4n) is 2.53. The molecule has 1 atom stereocenters. The van der Waals surface area contributed by atoms with Crippen molar-refractivity contribution in [3.05, 3.63) is 54.4 Å². The van der Waals surface area contributed by atoms with Crippen LogP contribution in [0, 0.1) is 0 Å². The van der Waals surface area contributed by atoms with Gasteiger partial charge in [-0.3, -0.25) is 14.6 Å². The van der Waals surface area contributed by atoms with Crippen molar-refractivity contribution in [1.82, 2.24) is 25.3 Å². The Bertz CT molecular complexity index is 608. The van der Waals surface area contributed by atoms with Gasteiger partial charge in [-0.1, -0.05) is 30.3 Å². The smallest absolute Gasteiger partial charge is 0.191 e. The SMILES string of the molecule is CN=C(NCCCn1cccn1)NCC(C)N(C)Cc1ccccc1. The molecule has 1 heterocycles. The minimum Gasteiger partial charge on any atom is -0.356 e. The Kier molecular flexibility index (Phi) is 7.98. The molecule has 1 aromatic carbocycles. The Morgan fingerprint density at radius 1 is 1.24 bits per heavy atom. The van der Waals surface area contributed by atoms with E-state index >= 15 is 0 Å². The van der Waals surface area contributed by atoms with Crippen LogP contribution in [-0.2, 0) is 13.1 Å². The number of nitrogens with zero attached hydrogens (tertiary/aromatic N) is 4. The third kappa shape index (κ3) is 6.97. The zero-order chi connectivity index (χ0) is 17.9. The van der Waals surface area contributed by atoms with Gasteiger partial charge in [-0.25, -0.2) is 0 Å². The van der Waals surface area contributed by atoms with E-state index in [1.807, 2.05) is 16.9 Å². The second kappa shape index (κ2) is 10.5. The molecule has 0 spiro atoms. The molecule has 1 unspecified atom stereocenters. The molecule has 0 aliphatic heterocycles. The summed E-state index contributed by atoms with van der Waals surface area (Å²) < 4.78 is 1.94. The molecule has 0 aliphatic rings. The number of aryl methyl sites for hydroxylation is 1. The van der Waals surface area contributed by atoms with Crippen LogP contribution in [0.3, 0.4) is 0 Å². The van der Waals surface area contributed by atoms with E-state index in [-0.39, 0.29) is 0 Å². The minimum absolute atomic E-state index is 0.405. The van der Waals surface area contributed by atoms with Gasteiger partial charge in [0, 0.05) is 51.7 Å². The van der Waals surface area contributed by atoms with E-state index < -0.39 is 0 Å². The first-order valence-electron chi connectivity index (χ1n) is 8.85. The van der Waals surface area contributed by atoms with Crippen molar-refractivity contribution in [2.45, 2.75) is 32.5 Å². The Hall–Kier alpha value is -2.34. The van der Waals surface area contributed by atoms with Gasteiger partial charge in [-0.15, -0.1) is 0 Å². The molecule has 2 rings (SSSR count). The molecule has 2 N–H and O–H groups in total. The van der Waals surface area contributed by atoms with Crippen LogP contribution >= 0.6 is 0 Å². The summed E-state index contributed by atoms with van der Waals surface area (Å²) in [5.41, 5.74) is 1.33. The summed E-state index contributed by atoms with van der Waals surface area (Å²) >= 11 is 0. The third-order valence-electron chi connectivity index (χ3n) is 4.23. The van der Waals surface area contributed by atoms with Gasteiger partial charge in [-0.05, 0) is 32.0 Å². The summed E-state index contributed by atoms with van der Waals surface area (Å²) in [5.74, 6) is 0.848. The highest BCUT2D eigenvalue weighted by molar-refractivity contribution is 5.79. The summed E-state index contributed by atoms with van der Waals surface area (Å²) in [6, 6.07) is 12.9. The van der Waals surface area contributed by atoms with E-state index in [1.54, 1.807) is 13.2 Å². The Labute approximate surface area is 151 Å². The lowest BCUT2D eigenvalue weighted by molar-refractivity contribution is 0.249. The van der Waals surface area contributed by atoms with Gasteiger partial charge in [-0.2, -0.15) is 5.10 Å². The van der Waals surface area contributed by atoms with Crippen molar-refractivity contribution in [2.75, 3.05) is 27.2 Å². The number of benzene rings is 1. The fraction of sp³-hybridized carbons (Fsp3) is 0.474. The zero-order valence-electron chi connectivity index (χ0n) is 15.5. The fourth-order valence-corrected chi connectivity index (χ4v) is 2.53. The van der Waals surface area contributed by atoms with Gasteiger partial charge < -0.3 is 10.6 Å². The molecule has 0 aliphatic carbocycles. The Morgan fingerprint density at radius 3 is 2.72 bits per heavy atom. The number of aromatic nitrogens is 2. The summed E-state index contributed by atoms with van der Waals surface area (Å²) in [6.07, 6.45) is 4.80. The summed E-state index contributed by atoms with van der Waals surface area (Å²) in [4.78, 5) is 6.63. The number of guanidine groups is 1. The van der Waals surface area contributed by atoms with E-state index in [2.05, 4.69) is 69.9 Å². The molecule has 0 saturated heterocycles. The highest BCUT2D eigenvalue weighted by atomic mass is 15.3. The van der Waals surface area contributed by atoms with Crippen LogP contribution in [-0.4, -0.2) is 53.9 Å². The first kappa shape index (κ1) is 19.0. The van der Waals surface area contributed by atoms with Crippen molar-refractivity contribution in [3.63, 3.8) is 0 Å². The van der Waals surface area contributed by atoms with Crippen molar-refractivity contribution < 1.29 is 0 Å². The predicted molar refractivity (Wildman–Crippen MR) is 104 cm³/mol. The highest BCUT2D eigenvalue weighted by Crippen LogP contribution is 2.05. The average Bonchev–Trinajstić information content (AvgIpc) is 3.15. The molecule has 0 saturated carbocycles. The lowest BCUT2D eigenvalue weighted by Crippen LogP contribution is -2.45. The Balaban J connectivity index is 1.65. The monoisotopic (exact) mass is 342 g/mol. The third-order valence-corrected chi connectivity index (χ3v) is 4.23. The van der Waals surface area contributed by atoms with E-state index in [0.29, 0.717) is 6.04 Å². The zero-order valence-corrected chi connectivity index (χ0v) is 15.5. The molecule has 25 heavy (non-hydrogen) atoms. The molecule has 2 aromatic rings. The second-order valence-corrected chi connectivity index (χ2v) is 6.25. The Morgan fingerprint density at radius 2 is 2.04 bits per heavy atom. The van der Waals surface area contributed by atoms with Gasteiger partial charge in [0.05, 0.1) is 0 Å². The number of hydrogen-bond donors (Lipinski definition) is 2. The predicted octanol–water partition coefficient (Wildman–Crippen LogP) is 1.96. The summed E-state index contributed by atoms with van der Waals surface area (Å²) in [6.45, 7) is 5.80. The van der Waals surface area contributed by atoms with Crippen molar-refractivity contribution >= 4 is 5.96 Å². The van der Waals surface area contributed by atoms with Crippen LogP contribution in [0.15, 0.2) is 53.8 Å². The van der Waals surface area contributed by atoms with E-state index in [4.69, 9.17) is 0 Å². The molecule has 1 aromatic heterocycles. The normalized spacial score (nSPS) is 13.0. The van der Waals surface area contributed by atoms with Gasteiger partial charge in [0.1, 0.15) is 0 Å². The van der Waals surface area contributed by atoms with Crippen LogP contribution in [0.1, 0.15) is 18.9 Å². The van der Waals surface area contributed by atoms with Crippen molar-refractivity contribution in [3.8, 4) is 0 Å². The molecule has 6 heteroatoms. The van der Waals surface area contributed by atoms with Crippen molar-refractivity contribution in [2.24, 2.45) is 4.99 Å². The molecular formula is C19H30N6. The molecule has 0 bridgehead atoms.